The average Bonchev–Trinajstić information content (AvgIpc) is 3.13. The Morgan fingerprint density at radius 3 is 2.23 bits per heavy atom. The number of nitrogens with zero attached hydrogens (tertiary/aromatic N) is 1. The van der Waals surface area contributed by atoms with E-state index < -0.39 is 132 Å². The lowest BCUT2D eigenvalue weighted by Crippen LogP contribution is -2.82. The molecule has 4 aliphatic rings. The average molecular weight is 887 g/mol. The molecule has 1 aliphatic heterocycles. The molecule has 1 saturated heterocycles. The van der Waals surface area contributed by atoms with Gasteiger partial charge >= 0.3 is 30.1 Å². The predicted octanol–water partition coefficient (Wildman–Crippen LogP) is 3.51. The van der Waals surface area contributed by atoms with Crippen molar-refractivity contribution in [1.82, 2.24) is 10.2 Å². The third kappa shape index (κ3) is 8.43. The highest BCUT2D eigenvalue weighted by Gasteiger charge is 2.78. The van der Waals surface area contributed by atoms with Gasteiger partial charge in [-0.3, -0.25) is 9.59 Å². The number of Topliss-reactive ketones (excluding diaryl/α,β-unsaturated/α-hetero) is 1. The van der Waals surface area contributed by atoms with E-state index in [1.54, 1.807) is 5.32 Å². The second-order valence-electron chi connectivity index (χ2n) is 17.9. The molecule has 1 heterocycles. The van der Waals surface area contributed by atoms with Crippen LogP contribution in [0.4, 0.5) is 18.4 Å². The Hall–Kier alpha value is -4.43. The summed E-state index contributed by atoms with van der Waals surface area (Å²) in [5.74, 6) is -6.36. The summed E-state index contributed by atoms with van der Waals surface area (Å²) < 4.78 is 63.4. The van der Waals surface area contributed by atoms with Crippen LogP contribution < -0.4 is 5.32 Å². The standard InChI is InChI=1S/C41H53ClF2N2O15/c1-18-22(57-34(52)27(49)26(32(43)44)45-35(53)61-37(3,4)5)16-41(55)31(59-33(51)20-12-11-13-21(42)14-20)29-39(8,23(48)15-24-40(29,17-56-24)60-19(2)47)30(50)28(25(18)38(41,6)7)58-36(54)46(9)10/h11-14,22-24,26-29,31-32,48-49,55H,15-17H2,1-10H3,(H,45,53)/t22-,23-,24+,26+,27+,28+,29-,31-,39+,40-,41+/m0/s1. The van der Waals surface area contributed by atoms with Gasteiger partial charge in [0.1, 0.15) is 35.6 Å². The summed E-state index contributed by atoms with van der Waals surface area (Å²) in [6.45, 7) is 10.6. The third-order valence-corrected chi connectivity index (χ3v) is 12.6. The van der Waals surface area contributed by atoms with Gasteiger partial charge in [-0.15, -0.1) is 0 Å². The van der Waals surface area contributed by atoms with Crippen LogP contribution >= 0.6 is 11.6 Å². The van der Waals surface area contributed by atoms with Gasteiger partial charge in [0.15, 0.2) is 23.6 Å². The number of benzene rings is 1. The largest absolute Gasteiger partial charge is 0.456 e. The van der Waals surface area contributed by atoms with E-state index in [2.05, 4.69) is 0 Å². The molecule has 0 spiro atoms. The van der Waals surface area contributed by atoms with Crippen molar-refractivity contribution in [3.8, 4) is 0 Å². The highest BCUT2D eigenvalue weighted by molar-refractivity contribution is 6.30. The van der Waals surface area contributed by atoms with E-state index >= 15 is 4.79 Å². The van der Waals surface area contributed by atoms with Crippen LogP contribution in [0.1, 0.15) is 78.6 Å². The SMILES string of the molecule is CC(=O)O[C@@]12CO[C@@H]1C[C@H](O)[C@@]1(C)C(=O)[C@H](OC(=O)N(C)C)C3=C(C)[C@@H](OC(=O)[C@H](O)[C@@H](NC(=O)OC(C)(C)C)C(F)F)C[C@@](O)([C@@H](OC(=O)c4cccc(Cl)c4)[C@H]21)C3(C)C. The van der Waals surface area contributed by atoms with Crippen molar-refractivity contribution in [2.24, 2.45) is 16.7 Å². The number of fused-ring (bicyclic) bond motifs is 5. The minimum Gasteiger partial charge on any atom is -0.456 e. The van der Waals surface area contributed by atoms with Gasteiger partial charge in [-0.05, 0) is 64.0 Å². The summed E-state index contributed by atoms with van der Waals surface area (Å²) in [6, 6.07) is 2.99. The van der Waals surface area contributed by atoms with Crippen LogP contribution in [0, 0.1) is 16.7 Å². The molecule has 3 fully saturated rings. The molecule has 2 amide bonds. The molecule has 0 aromatic heterocycles. The minimum absolute atomic E-state index is 0.0411. The van der Waals surface area contributed by atoms with Crippen molar-refractivity contribution in [3.63, 3.8) is 0 Å². The first-order valence-corrected chi connectivity index (χ1v) is 19.9. The van der Waals surface area contributed by atoms with Crippen LogP contribution in [0.3, 0.4) is 0 Å². The van der Waals surface area contributed by atoms with Crippen molar-refractivity contribution in [3.05, 3.63) is 46.0 Å². The first-order valence-electron chi connectivity index (χ1n) is 19.5. The number of amides is 2. The third-order valence-electron chi connectivity index (χ3n) is 12.3. The second kappa shape index (κ2) is 16.7. The van der Waals surface area contributed by atoms with Gasteiger partial charge < -0.3 is 54.0 Å². The topological polar surface area (TPSA) is 234 Å². The number of carbonyl (C=O) groups excluding carboxylic acids is 6. The van der Waals surface area contributed by atoms with Gasteiger partial charge in [0, 0.05) is 44.3 Å². The Labute approximate surface area is 355 Å². The molecule has 5 rings (SSSR count). The highest BCUT2D eigenvalue weighted by Crippen LogP contribution is 2.64. The van der Waals surface area contributed by atoms with Gasteiger partial charge in [0.2, 0.25) is 0 Å². The van der Waals surface area contributed by atoms with Gasteiger partial charge in [-0.1, -0.05) is 31.5 Å². The van der Waals surface area contributed by atoms with E-state index in [4.69, 9.17) is 40.0 Å². The van der Waals surface area contributed by atoms with E-state index in [1.807, 2.05) is 0 Å². The first kappa shape index (κ1) is 47.6. The maximum Gasteiger partial charge on any atom is 0.410 e. The van der Waals surface area contributed by atoms with E-state index in [1.165, 1.54) is 86.8 Å². The van der Waals surface area contributed by atoms with Crippen molar-refractivity contribution in [2.45, 2.75) is 134 Å². The molecule has 61 heavy (non-hydrogen) atoms. The molecule has 11 atom stereocenters. The number of esters is 3. The number of alkyl carbamates (subject to hydrolysis) is 1. The first-order chi connectivity index (χ1) is 28.0. The van der Waals surface area contributed by atoms with Crippen molar-refractivity contribution >= 4 is 47.5 Å². The lowest BCUT2D eigenvalue weighted by molar-refractivity contribution is -0.345. The van der Waals surface area contributed by atoms with E-state index in [0.717, 1.165) is 11.8 Å². The van der Waals surface area contributed by atoms with E-state index in [9.17, 15) is 48.1 Å². The summed E-state index contributed by atoms with van der Waals surface area (Å²) in [5, 5.41) is 38.5. The number of alkyl halides is 2. The fourth-order valence-corrected chi connectivity index (χ4v) is 9.37. The van der Waals surface area contributed by atoms with Gasteiger partial charge in [0.05, 0.1) is 29.6 Å². The van der Waals surface area contributed by atoms with Crippen LogP contribution in [0.2, 0.25) is 5.02 Å². The number of halogens is 3. The van der Waals surface area contributed by atoms with Crippen LogP contribution in [-0.4, -0.2) is 143 Å². The van der Waals surface area contributed by atoms with Gasteiger partial charge in [-0.2, -0.15) is 0 Å². The Morgan fingerprint density at radius 1 is 1.07 bits per heavy atom. The molecular weight excluding hydrogens is 834 g/mol. The zero-order valence-corrected chi connectivity index (χ0v) is 36.2. The smallest absolute Gasteiger partial charge is 0.410 e. The molecule has 17 nitrogen and oxygen atoms in total. The maximum absolute atomic E-state index is 15.5. The fourth-order valence-electron chi connectivity index (χ4n) is 9.18. The lowest BCUT2D eigenvalue weighted by Gasteiger charge is -2.67. The van der Waals surface area contributed by atoms with Crippen molar-refractivity contribution in [1.29, 1.82) is 0 Å². The molecule has 0 radical (unpaired) electrons. The minimum atomic E-state index is -3.54. The summed E-state index contributed by atoms with van der Waals surface area (Å²) >= 11 is 6.22. The van der Waals surface area contributed by atoms with Crippen molar-refractivity contribution in [2.75, 3.05) is 20.7 Å². The molecule has 1 aromatic rings. The second-order valence-corrected chi connectivity index (χ2v) is 18.4. The zero-order chi connectivity index (χ0) is 45.9. The molecular formula is C41H53ClF2N2O15. The molecule has 4 N–H and O–H groups in total. The molecule has 2 saturated carbocycles. The highest BCUT2D eigenvalue weighted by atomic mass is 35.5. The zero-order valence-electron chi connectivity index (χ0n) is 35.4. The fraction of sp³-hybridized carbons (Fsp3) is 0.659. The number of aliphatic hydroxyl groups is 3. The summed E-state index contributed by atoms with van der Waals surface area (Å²) in [4.78, 5) is 83.4. The van der Waals surface area contributed by atoms with E-state index in [-0.39, 0.29) is 28.2 Å². The predicted molar refractivity (Wildman–Crippen MR) is 207 cm³/mol. The number of carbonyl (C=O) groups is 6. The number of rotatable bonds is 9. The molecule has 0 unspecified atom stereocenters. The van der Waals surface area contributed by atoms with Crippen LogP contribution in [0.25, 0.3) is 0 Å². The monoisotopic (exact) mass is 886 g/mol. The number of hydrogen-bond donors (Lipinski definition) is 4. The van der Waals surface area contributed by atoms with Crippen LogP contribution in [-0.2, 0) is 42.8 Å². The lowest BCUT2D eigenvalue weighted by atomic mass is 9.44. The number of ketones is 1. The van der Waals surface area contributed by atoms with Gasteiger partial charge in [0.25, 0.3) is 6.43 Å². The number of ether oxygens (including phenoxy) is 6. The Bertz CT molecular complexity index is 1990. The molecule has 2 bridgehead atoms. The summed E-state index contributed by atoms with van der Waals surface area (Å²) in [6.07, 6.45) is -18.3. The Balaban J connectivity index is 1.76. The van der Waals surface area contributed by atoms with Crippen molar-refractivity contribution < 1.29 is 81.3 Å². The number of aliphatic hydroxyl groups excluding tert-OH is 2. The van der Waals surface area contributed by atoms with Crippen LogP contribution in [0.15, 0.2) is 35.4 Å². The van der Waals surface area contributed by atoms with Crippen LogP contribution in [0.5, 0.6) is 0 Å². The maximum atomic E-state index is 15.5. The molecule has 3 aliphatic carbocycles. The van der Waals surface area contributed by atoms with Gasteiger partial charge in [-0.25, -0.2) is 28.0 Å². The number of nitrogens with one attached hydrogen (secondary N) is 1. The molecule has 338 valence electrons. The normalized spacial score (nSPS) is 32.6. The summed E-state index contributed by atoms with van der Waals surface area (Å²) in [7, 11) is 2.65. The molecule has 20 heteroatoms. The Morgan fingerprint density at radius 2 is 1.70 bits per heavy atom. The number of hydrogen-bond acceptors (Lipinski definition) is 15. The molecule has 1 aromatic carbocycles. The quantitative estimate of drug-likeness (QED) is 0.158. The Kier molecular flexibility index (Phi) is 13.0. The van der Waals surface area contributed by atoms with E-state index in [0.29, 0.717) is 0 Å². The summed E-state index contributed by atoms with van der Waals surface area (Å²) in [5.41, 5.74) is -9.98.